The van der Waals surface area contributed by atoms with Gasteiger partial charge in [-0.2, -0.15) is 5.10 Å². The van der Waals surface area contributed by atoms with Crippen molar-refractivity contribution in [3.05, 3.63) is 18.0 Å². The fourth-order valence-corrected chi connectivity index (χ4v) is 1.69. The summed E-state index contributed by atoms with van der Waals surface area (Å²) in [5.41, 5.74) is 1.03. The molecule has 1 aromatic rings. The zero-order chi connectivity index (χ0) is 16.3. The molecule has 21 heavy (non-hydrogen) atoms. The van der Waals surface area contributed by atoms with Crippen LogP contribution in [0, 0.1) is 0 Å². The second kappa shape index (κ2) is 10.8. The lowest BCUT2D eigenvalue weighted by molar-refractivity contribution is -0.123. The Bertz CT molecular complexity index is 420. The van der Waals surface area contributed by atoms with Gasteiger partial charge < -0.3 is 20.4 Å². The van der Waals surface area contributed by atoms with E-state index in [4.69, 9.17) is 9.90 Å². The smallest absolute Gasteiger partial charge is 0.290 e. The number of hydrogen-bond donors (Lipinski definition) is 3. The molecule has 1 atom stereocenters. The summed E-state index contributed by atoms with van der Waals surface area (Å²) in [5.74, 6) is -0.0472. The summed E-state index contributed by atoms with van der Waals surface area (Å²) in [6.07, 6.45) is 2.26. The molecular weight excluding hydrogens is 276 g/mol. The minimum atomic E-state index is -0.527. The van der Waals surface area contributed by atoms with E-state index in [0.717, 1.165) is 5.69 Å². The number of nitrogens with zero attached hydrogens (tertiary/aromatic N) is 3. The van der Waals surface area contributed by atoms with Crippen LogP contribution in [-0.4, -0.2) is 70.6 Å². The number of nitrogens with one attached hydrogen (secondary N) is 1. The van der Waals surface area contributed by atoms with Crippen molar-refractivity contribution in [2.24, 2.45) is 7.05 Å². The van der Waals surface area contributed by atoms with Crippen molar-refractivity contribution in [3.63, 3.8) is 0 Å². The fraction of sp³-hybridized carbons (Fsp3) is 0.615. The largest absolute Gasteiger partial charge is 0.483 e. The molecule has 1 aromatic heterocycles. The van der Waals surface area contributed by atoms with Crippen molar-refractivity contribution in [1.82, 2.24) is 20.0 Å². The summed E-state index contributed by atoms with van der Waals surface area (Å²) in [6.45, 7) is 0.588. The van der Waals surface area contributed by atoms with Crippen LogP contribution in [0.4, 0.5) is 0 Å². The van der Waals surface area contributed by atoms with Crippen molar-refractivity contribution in [2.45, 2.75) is 18.9 Å². The highest BCUT2D eigenvalue weighted by Crippen LogP contribution is 2.00. The summed E-state index contributed by atoms with van der Waals surface area (Å²) in [6, 6.07) is 1.90. The average molecular weight is 300 g/mol. The SMILES string of the molecule is CN(C)CC(O)CNC(=O)CCc1ccnn1C.O=CO. The maximum atomic E-state index is 11.6. The lowest BCUT2D eigenvalue weighted by atomic mass is 10.2. The zero-order valence-corrected chi connectivity index (χ0v) is 12.7. The lowest BCUT2D eigenvalue weighted by Gasteiger charge is -2.16. The fourth-order valence-electron chi connectivity index (χ4n) is 1.69. The van der Waals surface area contributed by atoms with Crippen molar-refractivity contribution in [3.8, 4) is 0 Å². The normalized spacial score (nSPS) is 11.5. The molecule has 8 nitrogen and oxygen atoms in total. The van der Waals surface area contributed by atoms with Gasteiger partial charge in [-0.3, -0.25) is 14.3 Å². The summed E-state index contributed by atoms with van der Waals surface area (Å²) in [7, 11) is 5.62. The van der Waals surface area contributed by atoms with Crippen LogP contribution in [0.25, 0.3) is 0 Å². The first-order chi connectivity index (χ1) is 9.90. The number of aliphatic hydroxyl groups excluding tert-OH is 1. The average Bonchev–Trinajstić information content (AvgIpc) is 2.79. The third-order valence-corrected chi connectivity index (χ3v) is 2.64. The van der Waals surface area contributed by atoms with Crippen LogP contribution < -0.4 is 5.32 Å². The second-order valence-corrected chi connectivity index (χ2v) is 4.77. The van der Waals surface area contributed by atoms with Gasteiger partial charge in [0.1, 0.15) is 0 Å². The first-order valence-corrected chi connectivity index (χ1v) is 6.55. The quantitative estimate of drug-likeness (QED) is 0.563. The highest BCUT2D eigenvalue weighted by molar-refractivity contribution is 5.76. The topological polar surface area (TPSA) is 108 Å². The Balaban J connectivity index is 0.00000122. The molecule has 0 fully saturated rings. The highest BCUT2D eigenvalue weighted by Gasteiger charge is 2.09. The first kappa shape index (κ1) is 19.1. The predicted octanol–water partition coefficient (Wildman–Crippen LogP) is -0.908. The molecule has 0 spiro atoms. The number of carbonyl (C=O) groups is 2. The second-order valence-electron chi connectivity index (χ2n) is 4.77. The number of aliphatic hydroxyl groups is 1. The summed E-state index contributed by atoms with van der Waals surface area (Å²) in [5, 5.41) is 23.2. The Morgan fingerprint density at radius 3 is 2.67 bits per heavy atom. The molecule has 0 saturated heterocycles. The highest BCUT2D eigenvalue weighted by atomic mass is 16.3. The molecule has 8 heteroatoms. The number of carbonyl (C=O) groups excluding carboxylic acids is 1. The van der Waals surface area contributed by atoms with Gasteiger partial charge in [-0.15, -0.1) is 0 Å². The van der Waals surface area contributed by atoms with E-state index in [1.807, 2.05) is 32.1 Å². The van der Waals surface area contributed by atoms with E-state index < -0.39 is 6.10 Å². The molecule has 0 bridgehead atoms. The van der Waals surface area contributed by atoms with Crippen LogP contribution in [0.1, 0.15) is 12.1 Å². The van der Waals surface area contributed by atoms with Gasteiger partial charge >= 0.3 is 0 Å². The predicted molar refractivity (Wildman–Crippen MR) is 77.8 cm³/mol. The number of carboxylic acid groups (broad SMARTS) is 1. The van der Waals surface area contributed by atoms with Crippen LogP contribution >= 0.6 is 0 Å². The number of amides is 1. The third-order valence-electron chi connectivity index (χ3n) is 2.64. The van der Waals surface area contributed by atoms with E-state index >= 15 is 0 Å². The standard InChI is InChI=1S/C12H22N4O2.CH2O2/c1-15(2)9-11(17)8-13-12(18)5-4-10-6-7-14-16(10)3;2-1-3/h6-7,11,17H,4-5,8-9H2,1-3H3,(H,13,18);1H,(H,2,3). The maximum Gasteiger partial charge on any atom is 0.290 e. The van der Waals surface area contributed by atoms with Crippen LogP contribution in [0.3, 0.4) is 0 Å². The van der Waals surface area contributed by atoms with Crippen molar-refractivity contribution >= 4 is 12.4 Å². The van der Waals surface area contributed by atoms with E-state index in [1.54, 1.807) is 10.9 Å². The van der Waals surface area contributed by atoms with Gasteiger partial charge in [-0.25, -0.2) is 0 Å². The van der Waals surface area contributed by atoms with E-state index in [2.05, 4.69) is 10.4 Å². The molecule has 0 radical (unpaired) electrons. The van der Waals surface area contributed by atoms with Crippen LogP contribution in [0.5, 0.6) is 0 Å². The van der Waals surface area contributed by atoms with Crippen molar-refractivity contribution in [2.75, 3.05) is 27.2 Å². The molecular formula is C13H24N4O4. The van der Waals surface area contributed by atoms with Crippen molar-refractivity contribution < 1.29 is 19.8 Å². The Hall–Kier alpha value is -1.93. The van der Waals surface area contributed by atoms with Crippen molar-refractivity contribution in [1.29, 1.82) is 0 Å². The van der Waals surface area contributed by atoms with E-state index in [0.29, 0.717) is 25.9 Å². The van der Waals surface area contributed by atoms with E-state index in [9.17, 15) is 9.90 Å². The number of aryl methyl sites for hydroxylation is 2. The molecule has 0 aliphatic rings. The van der Waals surface area contributed by atoms with Crippen LogP contribution in [0.15, 0.2) is 12.3 Å². The van der Waals surface area contributed by atoms with E-state index in [-0.39, 0.29) is 12.4 Å². The number of rotatable bonds is 7. The number of aromatic nitrogens is 2. The third kappa shape index (κ3) is 9.58. The lowest BCUT2D eigenvalue weighted by Crippen LogP contribution is -2.37. The molecule has 1 amide bonds. The Morgan fingerprint density at radius 1 is 1.57 bits per heavy atom. The molecule has 1 heterocycles. The minimum Gasteiger partial charge on any atom is -0.483 e. The summed E-state index contributed by atoms with van der Waals surface area (Å²) in [4.78, 5) is 21.8. The van der Waals surface area contributed by atoms with Crippen LogP contribution in [0.2, 0.25) is 0 Å². The molecule has 3 N–H and O–H groups in total. The Morgan fingerprint density at radius 2 is 2.19 bits per heavy atom. The van der Waals surface area contributed by atoms with Gasteiger partial charge in [0.15, 0.2) is 0 Å². The molecule has 0 aliphatic carbocycles. The molecule has 0 aliphatic heterocycles. The molecule has 1 rings (SSSR count). The first-order valence-electron chi connectivity index (χ1n) is 6.55. The number of hydrogen-bond acceptors (Lipinski definition) is 5. The van der Waals surface area contributed by atoms with Gasteiger partial charge in [0, 0.05) is 38.4 Å². The molecule has 0 saturated carbocycles. The maximum absolute atomic E-state index is 11.6. The minimum absolute atomic E-state index is 0.0472. The summed E-state index contributed by atoms with van der Waals surface area (Å²) < 4.78 is 1.76. The number of likely N-dealkylation sites (N-methyl/N-ethyl adjacent to an activating group) is 1. The van der Waals surface area contributed by atoms with Gasteiger partial charge in [0.25, 0.3) is 6.47 Å². The summed E-state index contributed by atoms with van der Waals surface area (Å²) >= 11 is 0. The van der Waals surface area contributed by atoms with Crippen LogP contribution in [-0.2, 0) is 23.1 Å². The molecule has 1 unspecified atom stereocenters. The Kier molecular flexibility index (Phi) is 9.82. The monoisotopic (exact) mass is 300 g/mol. The molecule has 120 valence electrons. The van der Waals surface area contributed by atoms with Gasteiger partial charge in [0.05, 0.1) is 6.10 Å². The molecule has 0 aromatic carbocycles. The van der Waals surface area contributed by atoms with Gasteiger partial charge in [-0.05, 0) is 26.6 Å². The van der Waals surface area contributed by atoms with Gasteiger partial charge in [0.2, 0.25) is 5.91 Å². The Labute approximate surface area is 124 Å². The zero-order valence-electron chi connectivity index (χ0n) is 12.7. The van der Waals surface area contributed by atoms with E-state index in [1.165, 1.54) is 0 Å². The van der Waals surface area contributed by atoms with Gasteiger partial charge in [-0.1, -0.05) is 0 Å².